The first-order valence-electron chi connectivity index (χ1n) is 4.51. The largest absolute Gasteiger partial charge is 0.384 e. The number of aryl methyl sites for hydroxylation is 1. The Morgan fingerprint density at radius 3 is 2.87 bits per heavy atom. The van der Waals surface area contributed by atoms with Crippen molar-refractivity contribution < 1.29 is 4.92 Å². The smallest absolute Gasteiger partial charge is 0.269 e. The highest BCUT2D eigenvalue weighted by molar-refractivity contribution is 5.55. The van der Waals surface area contributed by atoms with E-state index in [0.29, 0.717) is 13.0 Å². The molecule has 0 aliphatic carbocycles. The second-order valence-corrected chi connectivity index (χ2v) is 3.09. The topological polar surface area (TPSA) is 79.0 Å². The maximum absolute atomic E-state index is 10.5. The number of rotatable bonds is 4. The number of anilines is 1. The van der Waals surface area contributed by atoms with Crippen molar-refractivity contribution in [1.82, 2.24) is 0 Å². The van der Waals surface area contributed by atoms with Crippen LogP contribution in [0.4, 0.5) is 11.4 Å². The third-order valence-corrected chi connectivity index (χ3v) is 1.97. The van der Waals surface area contributed by atoms with Gasteiger partial charge in [0, 0.05) is 24.4 Å². The Bertz CT molecular complexity index is 410. The lowest BCUT2D eigenvalue weighted by atomic mass is 10.2. The number of nitriles is 1. The van der Waals surface area contributed by atoms with E-state index in [9.17, 15) is 10.1 Å². The van der Waals surface area contributed by atoms with Gasteiger partial charge in [0.15, 0.2) is 0 Å². The Kier molecular flexibility index (Phi) is 3.63. The lowest BCUT2D eigenvalue weighted by Crippen LogP contribution is -2.02. The molecule has 0 amide bonds. The second kappa shape index (κ2) is 4.96. The van der Waals surface area contributed by atoms with Gasteiger partial charge < -0.3 is 5.32 Å². The molecule has 1 aromatic carbocycles. The molecule has 0 radical (unpaired) electrons. The number of nitro benzene ring substituents is 1. The zero-order chi connectivity index (χ0) is 11.3. The fraction of sp³-hybridized carbons (Fsp3) is 0.300. The van der Waals surface area contributed by atoms with E-state index in [4.69, 9.17) is 5.26 Å². The monoisotopic (exact) mass is 205 g/mol. The maximum Gasteiger partial charge on any atom is 0.269 e. The molecule has 0 saturated heterocycles. The summed E-state index contributed by atoms with van der Waals surface area (Å²) in [6, 6.07) is 6.63. The number of nitro groups is 1. The molecule has 0 fully saturated rings. The normalized spacial score (nSPS) is 9.33. The summed E-state index contributed by atoms with van der Waals surface area (Å²) >= 11 is 0. The van der Waals surface area contributed by atoms with Gasteiger partial charge in [-0.1, -0.05) is 0 Å². The summed E-state index contributed by atoms with van der Waals surface area (Å²) in [5.74, 6) is 0. The van der Waals surface area contributed by atoms with Crippen LogP contribution in [0.3, 0.4) is 0 Å². The minimum absolute atomic E-state index is 0.0818. The van der Waals surface area contributed by atoms with Gasteiger partial charge in [0.25, 0.3) is 5.69 Å². The van der Waals surface area contributed by atoms with Gasteiger partial charge in [-0.2, -0.15) is 5.26 Å². The molecule has 15 heavy (non-hydrogen) atoms. The number of nitrogens with zero attached hydrogens (tertiary/aromatic N) is 2. The molecule has 5 nitrogen and oxygen atoms in total. The van der Waals surface area contributed by atoms with Gasteiger partial charge in [0.05, 0.1) is 17.4 Å². The molecule has 0 aliphatic heterocycles. The molecule has 0 aliphatic rings. The quantitative estimate of drug-likeness (QED) is 0.464. The lowest BCUT2D eigenvalue weighted by molar-refractivity contribution is -0.384. The van der Waals surface area contributed by atoms with Crippen LogP contribution in [0.5, 0.6) is 0 Å². The SMILES string of the molecule is Cc1cc([N+](=O)[O-])ccc1NCCC#N. The zero-order valence-corrected chi connectivity index (χ0v) is 8.36. The number of hydrogen-bond acceptors (Lipinski definition) is 4. The summed E-state index contributed by atoms with van der Waals surface area (Å²) in [6.07, 6.45) is 0.413. The fourth-order valence-electron chi connectivity index (χ4n) is 1.21. The standard InChI is InChI=1S/C10H11N3O2/c1-8-7-9(13(14)15)3-4-10(8)12-6-2-5-11/h3-4,7,12H,2,6H2,1H3. The number of hydrogen-bond donors (Lipinski definition) is 1. The van der Waals surface area contributed by atoms with Crippen LogP contribution in [-0.2, 0) is 0 Å². The Morgan fingerprint density at radius 1 is 1.60 bits per heavy atom. The first kappa shape index (κ1) is 11.0. The number of benzene rings is 1. The Hall–Kier alpha value is -2.09. The Morgan fingerprint density at radius 2 is 2.33 bits per heavy atom. The predicted octanol–water partition coefficient (Wildman–Crippen LogP) is 2.23. The second-order valence-electron chi connectivity index (χ2n) is 3.09. The van der Waals surface area contributed by atoms with E-state index in [1.807, 2.05) is 6.07 Å². The van der Waals surface area contributed by atoms with Gasteiger partial charge >= 0.3 is 0 Å². The van der Waals surface area contributed by atoms with Gasteiger partial charge in [0.2, 0.25) is 0 Å². The molecule has 1 aromatic rings. The van der Waals surface area contributed by atoms with Crippen molar-refractivity contribution in [3.05, 3.63) is 33.9 Å². The molecule has 0 bridgehead atoms. The molecule has 0 unspecified atom stereocenters. The van der Waals surface area contributed by atoms with Gasteiger partial charge in [-0.3, -0.25) is 10.1 Å². The summed E-state index contributed by atoms with van der Waals surface area (Å²) < 4.78 is 0. The van der Waals surface area contributed by atoms with Crippen molar-refractivity contribution in [1.29, 1.82) is 5.26 Å². The number of non-ortho nitro benzene ring substituents is 1. The van der Waals surface area contributed by atoms with Crippen molar-refractivity contribution in [3.63, 3.8) is 0 Å². The molecule has 1 N–H and O–H groups in total. The summed E-state index contributed by atoms with van der Waals surface area (Å²) in [4.78, 5) is 10.0. The highest BCUT2D eigenvalue weighted by atomic mass is 16.6. The molecular weight excluding hydrogens is 194 g/mol. The van der Waals surface area contributed by atoms with Crippen LogP contribution in [0, 0.1) is 28.4 Å². The van der Waals surface area contributed by atoms with E-state index in [1.54, 1.807) is 13.0 Å². The number of nitrogens with one attached hydrogen (secondary N) is 1. The zero-order valence-electron chi connectivity index (χ0n) is 8.36. The van der Waals surface area contributed by atoms with Gasteiger partial charge in [-0.05, 0) is 18.6 Å². The molecule has 5 heteroatoms. The van der Waals surface area contributed by atoms with E-state index >= 15 is 0 Å². The molecule has 1 rings (SSSR count). The van der Waals surface area contributed by atoms with Gasteiger partial charge in [-0.15, -0.1) is 0 Å². The van der Waals surface area contributed by atoms with E-state index in [-0.39, 0.29) is 5.69 Å². The molecule has 0 heterocycles. The summed E-state index contributed by atoms with van der Waals surface area (Å²) in [5.41, 5.74) is 1.72. The third kappa shape index (κ3) is 2.95. The summed E-state index contributed by atoms with van der Waals surface area (Å²) in [7, 11) is 0. The van der Waals surface area contributed by atoms with E-state index in [1.165, 1.54) is 12.1 Å². The first-order valence-corrected chi connectivity index (χ1v) is 4.51. The van der Waals surface area contributed by atoms with Crippen molar-refractivity contribution in [3.8, 4) is 6.07 Å². The summed E-state index contributed by atoms with van der Waals surface area (Å²) in [6.45, 7) is 2.34. The van der Waals surface area contributed by atoms with Crippen LogP contribution >= 0.6 is 0 Å². The lowest BCUT2D eigenvalue weighted by Gasteiger charge is -2.06. The fourth-order valence-corrected chi connectivity index (χ4v) is 1.21. The van der Waals surface area contributed by atoms with Crippen LogP contribution in [0.1, 0.15) is 12.0 Å². The van der Waals surface area contributed by atoms with Crippen molar-refractivity contribution in [2.24, 2.45) is 0 Å². The molecule has 0 aromatic heterocycles. The Balaban J connectivity index is 2.76. The van der Waals surface area contributed by atoms with Crippen molar-refractivity contribution >= 4 is 11.4 Å². The molecule has 78 valence electrons. The predicted molar refractivity (Wildman–Crippen MR) is 56.6 cm³/mol. The first-order chi connectivity index (χ1) is 7.15. The van der Waals surface area contributed by atoms with Crippen LogP contribution in [0.2, 0.25) is 0 Å². The average Bonchev–Trinajstić information content (AvgIpc) is 2.20. The van der Waals surface area contributed by atoms with Gasteiger partial charge in [-0.25, -0.2) is 0 Å². The highest BCUT2D eigenvalue weighted by Gasteiger charge is 2.07. The third-order valence-electron chi connectivity index (χ3n) is 1.97. The van der Waals surface area contributed by atoms with Gasteiger partial charge in [0.1, 0.15) is 0 Å². The average molecular weight is 205 g/mol. The minimum atomic E-state index is -0.425. The van der Waals surface area contributed by atoms with E-state index in [2.05, 4.69) is 5.32 Å². The molecule has 0 atom stereocenters. The van der Waals surface area contributed by atoms with Crippen molar-refractivity contribution in [2.45, 2.75) is 13.3 Å². The highest BCUT2D eigenvalue weighted by Crippen LogP contribution is 2.20. The molecular formula is C10H11N3O2. The molecule has 0 saturated carbocycles. The van der Waals surface area contributed by atoms with E-state index < -0.39 is 4.92 Å². The van der Waals surface area contributed by atoms with Crippen LogP contribution in [0.25, 0.3) is 0 Å². The minimum Gasteiger partial charge on any atom is -0.384 e. The van der Waals surface area contributed by atoms with Crippen LogP contribution in [0.15, 0.2) is 18.2 Å². The van der Waals surface area contributed by atoms with Crippen LogP contribution in [-0.4, -0.2) is 11.5 Å². The van der Waals surface area contributed by atoms with Crippen molar-refractivity contribution in [2.75, 3.05) is 11.9 Å². The maximum atomic E-state index is 10.5. The Labute approximate surface area is 87.5 Å². The van der Waals surface area contributed by atoms with Crippen LogP contribution < -0.4 is 5.32 Å². The molecule has 0 spiro atoms. The van der Waals surface area contributed by atoms with E-state index in [0.717, 1.165) is 11.3 Å². The summed E-state index contributed by atoms with van der Waals surface area (Å²) in [5, 5.41) is 21.9.